The number of hydrogen-bond donors (Lipinski definition) is 1. The van der Waals surface area contributed by atoms with Gasteiger partial charge in [-0.25, -0.2) is 4.79 Å². The molecular formula is C20H20N2O3S. The van der Waals surface area contributed by atoms with E-state index >= 15 is 0 Å². The van der Waals surface area contributed by atoms with Gasteiger partial charge in [-0.15, -0.1) is 11.3 Å². The number of amides is 1. The van der Waals surface area contributed by atoms with Crippen LogP contribution in [0.2, 0.25) is 0 Å². The summed E-state index contributed by atoms with van der Waals surface area (Å²) in [7, 11) is 0. The summed E-state index contributed by atoms with van der Waals surface area (Å²) >= 11 is 1.47. The monoisotopic (exact) mass is 368 g/mol. The fourth-order valence-corrected chi connectivity index (χ4v) is 4.08. The molecule has 0 bridgehead atoms. The lowest BCUT2D eigenvalue weighted by Gasteiger charge is -2.16. The Kier molecular flexibility index (Phi) is 5.38. The number of carbonyl (C=O) groups excluding carboxylic acids is 2. The van der Waals surface area contributed by atoms with Crippen LogP contribution in [0.1, 0.15) is 45.9 Å². The lowest BCUT2D eigenvalue weighted by atomic mass is 9.90. The van der Waals surface area contributed by atoms with Crippen LogP contribution in [0.5, 0.6) is 0 Å². The summed E-state index contributed by atoms with van der Waals surface area (Å²) in [6.45, 7) is 3.75. The van der Waals surface area contributed by atoms with Crippen LogP contribution in [-0.2, 0) is 22.4 Å². The molecule has 1 heterocycles. The molecule has 1 aromatic carbocycles. The summed E-state index contributed by atoms with van der Waals surface area (Å²) in [4.78, 5) is 26.4. The maximum Gasteiger partial charge on any atom is 0.349 e. The van der Waals surface area contributed by atoms with E-state index in [4.69, 9.17) is 10.00 Å². The van der Waals surface area contributed by atoms with E-state index in [1.165, 1.54) is 28.7 Å². The van der Waals surface area contributed by atoms with Gasteiger partial charge >= 0.3 is 5.97 Å². The standard InChI is InChI=1S/C20H20N2O3S/c1-12-6-7-17-15(8-12)10-18(26-17)20(24)25-13(2)19(23)22-16-5-3-4-14(9-16)11-21/h3-5,9-10,12-13H,6-8H2,1-2H3,(H,22,23)/t12-,13-/m0/s1. The van der Waals surface area contributed by atoms with E-state index in [0.717, 1.165) is 19.3 Å². The molecule has 2 atom stereocenters. The second kappa shape index (κ2) is 7.71. The van der Waals surface area contributed by atoms with Crippen LogP contribution in [0, 0.1) is 17.2 Å². The van der Waals surface area contributed by atoms with Crippen molar-refractivity contribution < 1.29 is 14.3 Å². The number of hydrogen-bond acceptors (Lipinski definition) is 5. The Morgan fingerprint density at radius 2 is 2.19 bits per heavy atom. The largest absolute Gasteiger partial charge is 0.448 e. The number of fused-ring (bicyclic) bond motifs is 1. The number of nitrogens with zero attached hydrogens (tertiary/aromatic N) is 1. The van der Waals surface area contributed by atoms with E-state index in [1.54, 1.807) is 24.3 Å². The SMILES string of the molecule is C[C@H]1CCc2sc(C(=O)O[C@@H](C)C(=O)Nc3cccc(C#N)c3)cc2C1. The van der Waals surface area contributed by atoms with Crippen molar-refractivity contribution in [3.05, 3.63) is 51.2 Å². The number of nitriles is 1. The molecule has 5 nitrogen and oxygen atoms in total. The molecule has 1 amide bonds. The molecule has 1 aliphatic carbocycles. The van der Waals surface area contributed by atoms with Crippen LogP contribution < -0.4 is 5.32 Å². The molecule has 6 heteroatoms. The Labute approximate surface area is 156 Å². The summed E-state index contributed by atoms with van der Waals surface area (Å²) in [5, 5.41) is 11.6. The third kappa shape index (κ3) is 4.12. The predicted octanol–water partition coefficient (Wildman–Crippen LogP) is 3.93. The molecule has 1 aliphatic rings. The molecule has 0 unspecified atom stereocenters. The Hall–Kier alpha value is -2.65. The molecular weight excluding hydrogens is 348 g/mol. The number of anilines is 1. The summed E-state index contributed by atoms with van der Waals surface area (Å²) in [6.07, 6.45) is 2.21. The molecule has 0 fully saturated rings. The van der Waals surface area contributed by atoms with Gasteiger partial charge in [0.25, 0.3) is 5.91 Å². The van der Waals surface area contributed by atoms with Crippen LogP contribution in [0.3, 0.4) is 0 Å². The zero-order chi connectivity index (χ0) is 18.7. The first kappa shape index (κ1) is 18.2. The van der Waals surface area contributed by atoms with Crippen molar-refractivity contribution in [3.8, 4) is 6.07 Å². The van der Waals surface area contributed by atoms with Crippen molar-refractivity contribution in [3.63, 3.8) is 0 Å². The zero-order valence-corrected chi connectivity index (χ0v) is 15.6. The van der Waals surface area contributed by atoms with Crippen molar-refractivity contribution >= 4 is 28.9 Å². The topological polar surface area (TPSA) is 79.2 Å². The highest BCUT2D eigenvalue weighted by atomic mass is 32.1. The number of thiophene rings is 1. The van der Waals surface area contributed by atoms with Crippen LogP contribution in [-0.4, -0.2) is 18.0 Å². The van der Waals surface area contributed by atoms with E-state index in [2.05, 4.69) is 12.2 Å². The fraction of sp³-hybridized carbons (Fsp3) is 0.350. The first-order valence-electron chi connectivity index (χ1n) is 8.60. The van der Waals surface area contributed by atoms with E-state index in [1.807, 2.05) is 12.1 Å². The van der Waals surface area contributed by atoms with Gasteiger partial charge in [-0.1, -0.05) is 13.0 Å². The summed E-state index contributed by atoms with van der Waals surface area (Å²) in [5.74, 6) is -0.260. The molecule has 0 saturated heterocycles. The lowest BCUT2D eigenvalue weighted by molar-refractivity contribution is -0.123. The van der Waals surface area contributed by atoms with E-state index in [0.29, 0.717) is 22.0 Å². The minimum atomic E-state index is -0.925. The Bertz CT molecular complexity index is 881. The van der Waals surface area contributed by atoms with E-state index < -0.39 is 18.0 Å². The van der Waals surface area contributed by atoms with Crippen LogP contribution >= 0.6 is 11.3 Å². The number of benzene rings is 1. The second-order valence-corrected chi connectivity index (χ2v) is 7.77. The Balaban J connectivity index is 1.62. The Morgan fingerprint density at radius 3 is 2.96 bits per heavy atom. The molecule has 0 aliphatic heterocycles. The number of ether oxygens (including phenoxy) is 1. The average Bonchev–Trinajstić information content (AvgIpc) is 3.05. The van der Waals surface area contributed by atoms with Gasteiger partial charge in [0.05, 0.1) is 11.6 Å². The van der Waals surface area contributed by atoms with Gasteiger partial charge in [0, 0.05) is 10.6 Å². The predicted molar refractivity (Wildman–Crippen MR) is 100 cm³/mol. The second-order valence-electron chi connectivity index (χ2n) is 6.64. The van der Waals surface area contributed by atoms with Gasteiger partial charge in [-0.05, 0) is 61.9 Å². The highest BCUT2D eigenvalue weighted by Gasteiger charge is 2.24. The van der Waals surface area contributed by atoms with Crippen molar-refractivity contribution in [2.75, 3.05) is 5.32 Å². The summed E-state index contributed by atoms with van der Waals surface area (Å²) in [6, 6.07) is 10.5. The van der Waals surface area contributed by atoms with Crippen molar-refractivity contribution in [2.45, 2.75) is 39.2 Å². The molecule has 0 radical (unpaired) electrons. The minimum absolute atomic E-state index is 0.427. The molecule has 26 heavy (non-hydrogen) atoms. The van der Waals surface area contributed by atoms with Crippen LogP contribution in [0.15, 0.2) is 30.3 Å². The van der Waals surface area contributed by atoms with Gasteiger partial charge < -0.3 is 10.1 Å². The molecule has 1 N–H and O–H groups in total. The third-order valence-electron chi connectivity index (χ3n) is 4.44. The zero-order valence-electron chi connectivity index (χ0n) is 14.7. The number of carbonyl (C=O) groups is 2. The first-order valence-corrected chi connectivity index (χ1v) is 9.41. The normalized spacial score (nSPS) is 16.9. The Morgan fingerprint density at radius 1 is 1.38 bits per heavy atom. The van der Waals surface area contributed by atoms with Gasteiger partial charge in [-0.3, -0.25) is 4.79 Å². The highest BCUT2D eigenvalue weighted by molar-refractivity contribution is 7.14. The molecule has 134 valence electrons. The van der Waals surface area contributed by atoms with Crippen LogP contribution in [0.4, 0.5) is 5.69 Å². The maximum absolute atomic E-state index is 12.4. The third-order valence-corrected chi connectivity index (χ3v) is 5.66. The summed E-state index contributed by atoms with van der Waals surface area (Å²) < 4.78 is 5.33. The van der Waals surface area contributed by atoms with E-state index in [9.17, 15) is 9.59 Å². The summed E-state index contributed by atoms with van der Waals surface area (Å²) in [5.41, 5.74) is 2.18. The minimum Gasteiger partial charge on any atom is -0.448 e. The molecule has 2 aromatic rings. The number of nitrogens with one attached hydrogen (secondary N) is 1. The fourth-order valence-electron chi connectivity index (χ4n) is 2.99. The quantitative estimate of drug-likeness (QED) is 0.829. The lowest BCUT2D eigenvalue weighted by Crippen LogP contribution is -2.29. The molecule has 1 aromatic heterocycles. The highest BCUT2D eigenvalue weighted by Crippen LogP contribution is 2.32. The van der Waals surface area contributed by atoms with Gasteiger partial charge in [0.15, 0.2) is 6.10 Å². The maximum atomic E-state index is 12.4. The smallest absolute Gasteiger partial charge is 0.349 e. The van der Waals surface area contributed by atoms with E-state index in [-0.39, 0.29) is 0 Å². The van der Waals surface area contributed by atoms with Crippen molar-refractivity contribution in [2.24, 2.45) is 5.92 Å². The molecule has 3 rings (SSSR count). The van der Waals surface area contributed by atoms with Crippen molar-refractivity contribution in [1.29, 1.82) is 5.26 Å². The van der Waals surface area contributed by atoms with Gasteiger partial charge in [-0.2, -0.15) is 5.26 Å². The number of rotatable bonds is 4. The van der Waals surface area contributed by atoms with Crippen LogP contribution in [0.25, 0.3) is 0 Å². The average molecular weight is 368 g/mol. The molecule has 0 spiro atoms. The molecule has 0 saturated carbocycles. The number of esters is 1. The number of aryl methyl sites for hydroxylation is 1. The van der Waals surface area contributed by atoms with Gasteiger partial charge in [0.2, 0.25) is 0 Å². The van der Waals surface area contributed by atoms with Gasteiger partial charge in [0.1, 0.15) is 4.88 Å². The van der Waals surface area contributed by atoms with Crippen molar-refractivity contribution in [1.82, 2.24) is 0 Å². The first-order chi connectivity index (χ1) is 12.5.